The van der Waals surface area contributed by atoms with E-state index in [4.69, 9.17) is 11.5 Å². The van der Waals surface area contributed by atoms with E-state index in [2.05, 4.69) is 21.5 Å². The molecular weight excluding hydrogens is 477 g/mol. The van der Waals surface area contributed by atoms with Crippen molar-refractivity contribution in [1.29, 1.82) is 5.26 Å². The summed E-state index contributed by atoms with van der Waals surface area (Å²) < 4.78 is 1.61. The average molecular weight is 501 g/mol. The topological polar surface area (TPSA) is 118 Å². The molecule has 0 radical (unpaired) electrons. The number of hydrogen-bond acceptors (Lipinski definition) is 4. The lowest BCUT2D eigenvalue weighted by Crippen LogP contribution is -2.22. The van der Waals surface area contributed by atoms with Gasteiger partial charge < -0.3 is 16.8 Å². The van der Waals surface area contributed by atoms with Crippen molar-refractivity contribution in [1.82, 2.24) is 9.78 Å². The van der Waals surface area contributed by atoms with Crippen LogP contribution in [0.5, 0.6) is 0 Å². The van der Waals surface area contributed by atoms with Crippen LogP contribution in [0.2, 0.25) is 0 Å². The highest BCUT2D eigenvalue weighted by Crippen LogP contribution is 2.21. The first kappa shape index (κ1) is 22.2. The normalized spacial score (nSPS) is 10.8. The summed E-state index contributed by atoms with van der Waals surface area (Å²) in [5.74, 6) is 0.714. The Kier molecular flexibility index (Phi) is 8.03. The average Bonchev–Trinajstić information content (AvgIpc) is 3.02. The molecule has 0 aliphatic rings. The zero-order valence-corrected chi connectivity index (χ0v) is 18.5. The second-order valence-corrected chi connectivity index (χ2v) is 6.43. The molecular formula is C21H24IN7. The molecule has 0 unspecified atom stereocenters. The fraction of sp³-hybridized carbons (Fsp3) is 0.190. The highest BCUT2D eigenvalue weighted by atomic mass is 127. The Morgan fingerprint density at radius 3 is 2.52 bits per heavy atom. The minimum absolute atomic E-state index is 0. The van der Waals surface area contributed by atoms with Crippen molar-refractivity contribution in [3.05, 3.63) is 71.4 Å². The van der Waals surface area contributed by atoms with E-state index in [1.165, 1.54) is 0 Å². The van der Waals surface area contributed by atoms with Crippen LogP contribution in [0.4, 0.5) is 11.5 Å². The van der Waals surface area contributed by atoms with Crippen molar-refractivity contribution < 1.29 is 0 Å². The summed E-state index contributed by atoms with van der Waals surface area (Å²) in [6.07, 6.45) is 1.30. The van der Waals surface area contributed by atoms with Gasteiger partial charge in [0.05, 0.1) is 11.4 Å². The standard InChI is InChI=1S/C21H23N7.HI/c1-15-9-11-17(12-10-15)28-20(23)18(14-22)19(27-28)8-5-13-25-21(24)26-16-6-3-2-4-7-16;/h2-4,6-7,9-12H,5,8,13,23H2,1H3,(H3,24,25,26);1H. The first-order valence-corrected chi connectivity index (χ1v) is 9.05. The third-order valence-corrected chi connectivity index (χ3v) is 4.28. The van der Waals surface area contributed by atoms with Gasteiger partial charge in [0.1, 0.15) is 17.5 Å². The molecule has 0 aliphatic carbocycles. The lowest BCUT2D eigenvalue weighted by atomic mass is 10.1. The molecule has 2 aromatic carbocycles. The number of halogens is 1. The Labute approximate surface area is 187 Å². The molecule has 1 aromatic heterocycles. The summed E-state index contributed by atoms with van der Waals surface area (Å²) in [5, 5.41) is 17.0. The number of aromatic nitrogens is 2. The van der Waals surface area contributed by atoms with E-state index < -0.39 is 0 Å². The molecule has 3 rings (SSSR count). The number of nitrogens with two attached hydrogens (primary N) is 2. The highest BCUT2D eigenvalue weighted by Gasteiger charge is 2.16. The Hall–Kier alpha value is -3.06. The summed E-state index contributed by atoms with van der Waals surface area (Å²) >= 11 is 0. The lowest BCUT2D eigenvalue weighted by Gasteiger charge is -2.05. The Morgan fingerprint density at radius 2 is 1.86 bits per heavy atom. The van der Waals surface area contributed by atoms with Crippen LogP contribution < -0.4 is 16.8 Å². The van der Waals surface area contributed by atoms with E-state index in [-0.39, 0.29) is 24.0 Å². The van der Waals surface area contributed by atoms with Gasteiger partial charge >= 0.3 is 0 Å². The maximum atomic E-state index is 9.47. The number of aliphatic imine (C=N–C) groups is 1. The van der Waals surface area contributed by atoms with Crippen LogP contribution in [0.3, 0.4) is 0 Å². The van der Waals surface area contributed by atoms with Crippen molar-refractivity contribution >= 4 is 41.4 Å². The monoisotopic (exact) mass is 501 g/mol. The van der Waals surface area contributed by atoms with Crippen LogP contribution in [0, 0.1) is 18.3 Å². The van der Waals surface area contributed by atoms with Crippen LogP contribution in [-0.2, 0) is 6.42 Å². The Bertz CT molecular complexity index is 1000. The van der Waals surface area contributed by atoms with E-state index in [1.807, 2.05) is 61.5 Å². The smallest absolute Gasteiger partial charge is 0.193 e. The fourth-order valence-corrected chi connectivity index (χ4v) is 2.81. The van der Waals surface area contributed by atoms with Crippen molar-refractivity contribution in [3.8, 4) is 11.8 Å². The van der Waals surface area contributed by atoms with Gasteiger partial charge in [0.25, 0.3) is 0 Å². The molecule has 0 amide bonds. The van der Waals surface area contributed by atoms with Crippen molar-refractivity contribution in [2.45, 2.75) is 19.8 Å². The Balaban J connectivity index is 0.00000300. The summed E-state index contributed by atoms with van der Waals surface area (Å²) in [6, 6.07) is 19.6. The molecule has 0 saturated heterocycles. The van der Waals surface area contributed by atoms with Crippen molar-refractivity contribution in [2.24, 2.45) is 10.7 Å². The van der Waals surface area contributed by atoms with Crippen LogP contribution in [0.25, 0.3) is 5.69 Å². The van der Waals surface area contributed by atoms with E-state index in [0.29, 0.717) is 42.4 Å². The number of hydrogen-bond donors (Lipinski definition) is 3. The highest BCUT2D eigenvalue weighted by molar-refractivity contribution is 14.0. The van der Waals surface area contributed by atoms with Gasteiger partial charge in [-0.15, -0.1) is 24.0 Å². The molecule has 29 heavy (non-hydrogen) atoms. The molecule has 0 spiro atoms. The molecule has 0 bridgehead atoms. The Morgan fingerprint density at radius 1 is 1.17 bits per heavy atom. The van der Waals surface area contributed by atoms with Gasteiger partial charge in [0.2, 0.25) is 0 Å². The van der Waals surface area contributed by atoms with E-state index in [1.54, 1.807) is 4.68 Å². The van der Waals surface area contributed by atoms with Gasteiger partial charge in [-0.1, -0.05) is 35.9 Å². The van der Waals surface area contributed by atoms with Gasteiger partial charge in [0.15, 0.2) is 5.96 Å². The summed E-state index contributed by atoms with van der Waals surface area (Å²) in [7, 11) is 0. The van der Waals surface area contributed by atoms with E-state index in [0.717, 1.165) is 16.9 Å². The fourth-order valence-electron chi connectivity index (χ4n) is 2.81. The van der Waals surface area contributed by atoms with Crippen LogP contribution in [-0.4, -0.2) is 22.3 Å². The lowest BCUT2D eigenvalue weighted by molar-refractivity contribution is 0.776. The third-order valence-electron chi connectivity index (χ3n) is 4.28. The van der Waals surface area contributed by atoms with Crippen LogP contribution in [0.15, 0.2) is 59.6 Å². The SMILES string of the molecule is Cc1ccc(-n2nc(CCCN=C(N)Nc3ccccc3)c(C#N)c2N)cc1.I. The zero-order valence-electron chi connectivity index (χ0n) is 16.2. The number of nitrogens with one attached hydrogen (secondary N) is 1. The van der Waals surface area contributed by atoms with Crippen molar-refractivity contribution in [2.75, 3.05) is 17.6 Å². The first-order chi connectivity index (χ1) is 13.6. The minimum Gasteiger partial charge on any atom is -0.382 e. The molecule has 0 aliphatic heterocycles. The number of aryl methyl sites for hydroxylation is 2. The van der Waals surface area contributed by atoms with Gasteiger partial charge in [-0.2, -0.15) is 10.4 Å². The molecule has 1 heterocycles. The van der Waals surface area contributed by atoms with Gasteiger partial charge in [-0.05, 0) is 44.0 Å². The maximum Gasteiger partial charge on any atom is 0.193 e. The number of benzene rings is 2. The zero-order chi connectivity index (χ0) is 19.9. The second kappa shape index (κ2) is 10.5. The predicted octanol–water partition coefficient (Wildman–Crippen LogP) is 3.61. The quantitative estimate of drug-likeness (QED) is 0.207. The van der Waals surface area contributed by atoms with Gasteiger partial charge in [-0.3, -0.25) is 4.99 Å². The number of guanidine groups is 1. The van der Waals surface area contributed by atoms with Crippen molar-refractivity contribution in [3.63, 3.8) is 0 Å². The number of nitrogen functional groups attached to an aromatic ring is 1. The maximum absolute atomic E-state index is 9.47. The summed E-state index contributed by atoms with van der Waals surface area (Å²) in [6.45, 7) is 2.54. The predicted molar refractivity (Wildman–Crippen MR) is 128 cm³/mol. The summed E-state index contributed by atoms with van der Waals surface area (Å²) in [5.41, 5.74) is 16.0. The molecule has 0 saturated carbocycles. The van der Waals surface area contributed by atoms with Crippen LogP contribution >= 0.6 is 24.0 Å². The summed E-state index contributed by atoms with van der Waals surface area (Å²) in [4.78, 5) is 4.32. The van der Waals surface area contributed by atoms with E-state index in [9.17, 15) is 5.26 Å². The molecule has 150 valence electrons. The molecule has 5 N–H and O–H groups in total. The number of anilines is 2. The van der Waals surface area contributed by atoms with Gasteiger partial charge in [0, 0.05) is 12.2 Å². The first-order valence-electron chi connectivity index (χ1n) is 9.05. The molecule has 0 fully saturated rings. The minimum atomic E-state index is 0. The number of para-hydroxylation sites is 1. The van der Waals surface area contributed by atoms with E-state index >= 15 is 0 Å². The van der Waals surface area contributed by atoms with Crippen LogP contribution in [0.1, 0.15) is 23.2 Å². The number of nitrogens with zero attached hydrogens (tertiary/aromatic N) is 4. The molecule has 7 nitrogen and oxygen atoms in total. The molecule has 3 aromatic rings. The second-order valence-electron chi connectivity index (χ2n) is 6.43. The largest absolute Gasteiger partial charge is 0.382 e. The number of nitriles is 1. The molecule has 8 heteroatoms. The molecule has 0 atom stereocenters. The number of rotatable bonds is 6. The third kappa shape index (κ3) is 5.71. The van der Waals surface area contributed by atoms with Gasteiger partial charge in [-0.25, -0.2) is 4.68 Å².